The molecule has 0 aliphatic heterocycles. The van der Waals surface area contributed by atoms with E-state index in [2.05, 4.69) is 0 Å². The van der Waals surface area contributed by atoms with Crippen molar-refractivity contribution in [3.05, 3.63) is 0 Å². The van der Waals surface area contributed by atoms with E-state index in [1.54, 1.807) is 0 Å². The normalized spacial score (nSPS) is 0. The quantitative estimate of drug-likeness (QED) is 0.312. The minimum Gasteiger partial charge on any atom is -1.00 e. The molecule has 0 bridgehead atoms. The summed E-state index contributed by atoms with van der Waals surface area (Å²) in [6.45, 7) is 0. The maximum absolute atomic E-state index is 0. The van der Waals surface area contributed by atoms with Gasteiger partial charge in [-0.2, -0.15) is 0 Å². The zero-order valence-electron chi connectivity index (χ0n) is 8.32. The van der Waals surface area contributed by atoms with Crippen LogP contribution >= 0.6 is 0 Å². The topological polar surface area (TPSA) is 63.0 Å². The summed E-state index contributed by atoms with van der Waals surface area (Å²) >= 11 is 0. The molecule has 0 aromatic rings. The van der Waals surface area contributed by atoms with E-state index >= 15 is 0 Å². The van der Waals surface area contributed by atoms with Gasteiger partial charge in [0.25, 0.3) is 0 Å². The molecule has 44 valence electrons. The molecule has 0 aliphatic carbocycles. The van der Waals surface area contributed by atoms with E-state index in [4.69, 9.17) is 0 Å². The van der Waals surface area contributed by atoms with E-state index in [1.165, 1.54) is 0 Å². The van der Waals surface area contributed by atoms with Gasteiger partial charge in [0.15, 0.2) is 0 Å². The first-order valence-electron chi connectivity index (χ1n) is 0. The predicted molar refractivity (Wildman–Crippen MR) is 23.2 cm³/mol. The monoisotopic (exact) mass is 556 g/mol. The molecular formula is H8CaLa2Mn2O2Sr. The van der Waals surface area contributed by atoms with Crippen LogP contribution in [-0.4, -0.2) is 94.2 Å². The third kappa shape index (κ3) is 40.1. The molecule has 0 aliphatic rings. The molecule has 0 rings (SSSR count). The van der Waals surface area contributed by atoms with Crippen molar-refractivity contribution in [2.45, 2.75) is 0 Å². The Labute approximate surface area is 199 Å². The second kappa shape index (κ2) is 51.6. The zero-order chi connectivity index (χ0) is 0. The van der Waals surface area contributed by atoms with Crippen LogP contribution in [0.1, 0.15) is 5.71 Å². The van der Waals surface area contributed by atoms with Gasteiger partial charge in [-0.15, -0.1) is 0 Å². The summed E-state index contributed by atoms with van der Waals surface area (Å²) < 4.78 is 0. The summed E-state index contributed by atoms with van der Waals surface area (Å²) in [7, 11) is 0. The summed E-state index contributed by atoms with van der Waals surface area (Å²) in [5.74, 6) is 0. The smallest absolute Gasteiger partial charge is 1.00 e. The van der Waals surface area contributed by atoms with Crippen molar-refractivity contribution >= 4 is 83.2 Å². The fourth-order valence-corrected chi connectivity index (χ4v) is 0. The van der Waals surface area contributed by atoms with Crippen LogP contribution in [0.5, 0.6) is 0 Å². The maximum Gasteiger partial charge on any atom is 2.00 e. The molecule has 0 aromatic heterocycles. The van der Waals surface area contributed by atoms with E-state index in [1.807, 2.05) is 0 Å². The van der Waals surface area contributed by atoms with Gasteiger partial charge >= 0.3 is 83.2 Å². The van der Waals surface area contributed by atoms with Crippen molar-refractivity contribution in [1.82, 2.24) is 0 Å². The van der Waals surface area contributed by atoms with E-state index in [0.29, 0.717) is 0 Å². The zero-order valence-corrected chi connectivity index (χ0v) is 19.6. The summed E-state index contributed by atoms with van der Waals surface area (Å²) in [6, 6.07) is 0. The summed E-state index contributed by atoms with van der Waals surface area (Å²) in [6.07, 6.45) is 0. The minimum atomic E-state index is 0. The molecule has 0 fully saturated rings. The molecule has 0 saturated carbocycles. The van der Waals surface area contributed by atoms with Crippen LogP contribution in [0, 0.1) is 71.2 Å². The second-order valence-corrected chi connectivity index (χ2v) is 0. The maximum atomic E-state index is 0. The van der Waals surface area contributed by atoms with Gasteiger partial charge in [0.1, 0.15) is 0 Å². The molecule has 8 heteroatoms. The second-order valence-electron chi connectivity index (χ2n) is 0. The Balaban J connectivity index is 0. The Morgan fingerprint density at radius 3 is 0.750 bits per heavy atom. The van der Waals surface area contributed by atoms with Crippen LogP contribution in [0.15, 0.2) is 0 Å². The number of hydrogen-bond acceptors (Lipinski definition) is 0. The third-order valence-electron chi connectivity index (χ3n) is 0. The Morgan fingerprint density at radius 2 is 0.750 bits per heavy atom. The SMILES string of the molecule is O.O.[Ca+2].[H-].[H-].[H-].[H-].[La].[La].[Mn].[Mn].[Sr+2]. The van der Waals surface area contributed by atoms with Crippen LogP contribution in [0.25, 0.3) is 0 Å². The summed E-state index contributed by atoms with van der Waals surface area (Å²) in [5.41, 5.74) is 0. The molecule has 0 saturated heterocycles. The Kier molecular flexibility index (Phi) is 420. The van der Waals surface area contributed by atoms with Crippen LogP contribution < -0.4 is 0 Å². The number of rotatable bonds is 0. The van der Waals surface area contributed by atoms with Crippen LogP contribution in [0.2, 0.25) is 0 Å². The van der Waals surface area contributed by atoms with Crippen molar-refractivity contribution in [2.24, 2.45) is 0 Å². The first kappa shape index (κ1) is 65.1. The summed E-state index contributed by atoms with van der Waals surface area (Å²) in [5, 5.41) is 0. The first-order chi connectivity index (χ1) is 0. The number of hydrogen-bond donors (Lipinski definition) is 0. The Morgan fingerprint density at radius 1 is 0.750 bits per heavy atom. The van der Waals surface area contributed by atoms with Crippen molar-refractivity contribution in [3.8, 4) is 0 Å². The molecule has 0 aromatic carbocycles. The summed E-state index contributed by atoms with van der Waals surface area (Å²) in [4.78, 5) is 0. The third-order valence-corrected chi connectivity index (χ3v) is 0. The molecule has 0 heterocycles. The molecule has 4 N–H and O–H groups in total. The molecule has 2 nitrogen and oxygen atoms in total. The van der Waals surface area contributed by atoms with E-state index < -0.39 is 0 Å². The van der Waals surface area contributed by atoms with Gasteiger partial charge < -0.3 is 16.7 Å². The average Bonchev–Trinajstić information content (AvgIpc) is 0. The van der Waals surface area contributed by atoms with Crippen molar-refractivity contribution in [3.63, 3.8) is 0 Å². The van der Waals surface area contributed by atoms with E-state index in [-0.39, 0.29) is 205 Å². The van der Waals surface area contributed by atoms with Crippen molar-refractivity contribution in [2.75, 3.05) is 0 Å². The van der Waals surface area contributed by atoms with Crippen LogP contribution in [-0.2, 0) is 34.1 Å². The molecule has 8 heavy (non-hydrogen) atoms. The van der Waals surface area contributed by atoms with Crippen LogP contribution in [0.3, 0.4) is 0 Å². The van der Waals surface area contributed by atoms with Gasteiger partial charge in [-0.3, -0.25) is 0 Å². The molecule has 0 spiro atoms. The van der Waals surface area contributed by atoms with Gasteiger partial charge in [-0.1, -0.05) is 0 Å². The van der Waals surface area contributed by atoms with Gasteiger partial charge in [0, 0.05) is 105 Å². The van der Waals surface area contributed by atoms with Gasteiger partial charge in [-0.05, 0) is 0 Å². The molecule has 0 amide bonds. The van der Waals surface area contributed by atoms with Gasteiger partial charge in [0.2, 0.25) is 0 Å². The van der Waals surface area contributed by atoms with E-state index in [0.717, 1.165) is 0 Å². The largest absolute Gasteiger partial charge is 2.00 e. The van der Waals surface area contributed by atoms with Crippen molar-refractivity contribution < 1.29 is 122 Å². The fraction of sp³-hybridized carbons (Fsp3) is 0. The standard InChI is InChI=1S/Ca.2La.2Mn.2H2O.Sr.4H/h;;;;;2*1H2;;;;;/q+2;;;;;;;+2;4*-1. The molecule has 0 atom stereocenters. The van der Waals surface area contributed by atoms with Crippen molar-refractivity contribution in [1.29, 1.82) is 0 Å². The molecular weight excluding hydrogens is 547 g/mol. The van der Waals surface area contributed by atoms with Gasteiger partial charge in [-0.25, -0.2) is 0 Å². The van der Waals surface area contributed by atoms with Crippen LogP contribution in [0.4, 0.5) is 0 Å². The Bertz CT molecular complexity index is 29.0. The van der Waals surface area contributed by atoms with E-state index in [9.17, 15) is 0 Å². The molecule has 0 unspecified atom stereocenters. The minimum absolute atomic E-state index is 0. The average molecular weight is 555 g/mol. The molecule has 4 radical (unpaired) electrons. The predicted octanol–water partition coefficient (Wildman–Crippen LogP) is -1.97. The fourth-order valence-electron chi connectivity index (χ4n) is 0. The van der Waals surface area contributed by atoms with Gasteiger partial charge in [0.05, 0.1) is 0 Å². The Hall–Kier alpha value is 6.09. The first-order valence-corrected chi connectivity index (χ1v) is 0.